The van der Waals surface area contributed by atoms with E-state index in [1.807, 2.05) is 31.2 Å². The number of ether oxygens (including phenoxy) is 1. The number of aliphatic carboxylic acids is 1. The lowest BCUT2D eigenvalue weighted by atomic mass is 9.99. The molecule has 164 valence electrons. The molecule has 6 nitrogen and oxygen atoms in total. The normalized spacial score (nSPS) is 12.8. The number of carbonyl (C=O) groups is 2. The average molecular weight is 431 g/mol. The van der Waals surface area contributed by atoms with E-state index in [0.29, 0.717) is 43.0 Å². The Hall–Kier alpha value is -3.80. The van der Waals surface area contributed by atoms with Crippen LogP contribution < -0.4 is 4.74 Å². The molecule has 1 aliphatic rings. The van der Waals surface area contributed by atoms with Gasteiger partial charge in [0, 0.05) is 25.1 Å². The van der Waals surface area contributed by atoms with E-state index in [4.69, 9.17) is 9.84 Å². The highest BCUT2D eigenvalue weighted by Crippen LogP contribution is 2.27. The Balaban J connectivity index is 1.45. The van der Waals surface area contributed by atoms with Crippen LogP contribution in [0.15, 0.2) is 60.7 Å². The van der Waals surface area contributed by atoms with Crippen LogP contribution in [0, 0.1) is 6.92 Å². The van der Waals surface area contributed by atoms with E-state index in [1.54, 1.807) is 41.3 Å². The van der Waals surface area contributed by atoms with Crippen LogP contribution in [0.3, 0.4) is 0 Å². The van der Waals surface area contributed by atoms with E-state index < -0.39 is 5.97 Å². The monoisotopic (exact) mass is 431 g/mol. The molecule has 0 bridgehead atoms. The summed E-state index contributed by atoms with van der Waals surface area (Å²) in [7, 11) is 0. The van der Waals surface area contributed by atoms with Gasteiger partial charge in [-0.05, 0) is 84.5 Å². The molecule has 4 rings (SSSR count). The zero-order valence-corrected chi connectivity index (χ0v) is 17.9. The third-order valence-corrected chi connectivity index (χ3v) is 5.73. The average Bonchev–Trinajstić information content (AvgIpc) is 2.78. The van der Waals surface area contributed by atoms with Crippen molar-refractivity contribution in [3.8, 4) is 17.2 Å². The van der Waals surface area contributed by atoms with Gasteiger partial charge in [-0.3, -0.25) is 9.59 Å². The Kier molecular flexibility index (Phi) is 6.12. The Morgan fingerprint density at radius 3 is 2.59 bits per heavy atom. The molecule has 0 atom stereocenters. The highest BCUT2D eigenvalue weighted by molar-refractivity contribution is 5.94. The Morgan fingerprint density at radius 2 is 1.81 bits per heavy atom. The number of aryl methyl sites for hydroxylation is 2. The summed E-state index contributed by atoms with van der Waals surface area (Å²) in [5, 5.41) is 18.5. The molecule has 32 heavy (non-hydrogen) atoms. The quantitative estimate of drug-likeness (QED) is 0.590. The van der Waals surface area contributed by atoms with Gasteiger partial charge in [0.1, 0.15) is 17.2 Å². The number of phenols is 1. The standard InChI is InChI=1S/C26H25NO5/c1-17-13-24(9-6-18(17)7-10-25(29)30)32-23-4-2-3-20(15-23)26(31)27-12-11-19-14-22(28)8-5-21(19)16-27/h2-6,8-9,13-15,28H,7,10-12,16H2,1H3,(H,29,30). The fourth-order valence-corrected chi connectivity index (χ4v) is 3.98. The predicted octanol–water partition coefficient (Wildman–Crippen LogP) is 4.71. The molecule has 0 aromatic heterocycles. The fourth-order valence-electron chi connectivity index (χ4n) is 3.98. The predicted molar refractivity (Wildman–Crippen MR) is 120 cm³/mol. The number of rotatable bonds is 6. The van der Waals surface area contributed by atoms with Crippen LogP contribution >= 0.6 is 0 Å². The smallest absolute Gasteiger partial charge is 0.303 e. The summed E-state index contributed by atoms with van der Waals surface area (Å²) in [5.41, 5.74) is 4.62. The van der Waals surface area contributed by atoms with E-state index in [0.717, 1.165) is 22.3 Å². The van der Waals surface area contributed by atoms with E-state index in [-0.39, 0.29) is 18.1 Å². The maximum atomic E-state index is 13.1. The molecule has 3 aromatic rings. The van der Waals surface area contributed by atoms with Gasteiger partial charge in [0.2, 0.25) is 0 Å². The number of hydrogen-bond donors (Lipinski definition) is 2. The zero-order valence-electron chi connectivity index (χ0n) is 17.9. The Morgan fingerprint density at radius 1 is 1.00 bits per heavy atom. The molecule has 2 N–H and O–H groups in total. The minimum atomic E-state index is -0.818. The third-order valence-electron chi connectivity index (χ3n) is 5.73. The van der Waals surface area contributed by atoms with E-state index >= 15 is 0 Å². The maximum Gasteiger partial charge on any atom is 0.303 e. The lowest BCUT2D eigenvalue weighted by Gasteiger charge is -2.29. The fraction of sp³-hybridized carbons (Fsp3) is 0.231. The second kappa shape index (κ2) is 9.14. The van der Waals surface area contributed by atoms with Crippen LogP contribution in [0.5, 0.6) is 17.2 Å². The number of amides is 1. The van der Waals surface area contributed by atoms with Gasteiger partial charge in [-0.1, -0.05) is 18.2 Å². The van der Waals surface area contributed by atoms with E-state index in [2.05, 4.69) is 0 Å². The zero-order chi connectivity index (χ0) is 22.7. The van der Waals surface area contributed by atoms with Crippen molar-refractivity contribution in [2.24, 2.45) is 0 Å². The summed E-state index contributed by atoms with van der Waals surface area (Å²) < 4.78 is 5.97. The van der Waals surface area contributed by atoms with Crippen LogP contribution in [-0.4, -0.2) is 33.5 Å². The lowest BCUT2D eigenvalue weighted by molar-refractivity contribution is -0.136. The minimum Gasteiger partial charge on any atom is -0.508 e. The molecule has 0 unspecified atom stereocenters. The van der Waals surface area contributed by atoms with Crippen LogP contribution in [0.4, 0.5) is 0 Å². The number of phenolic OH excluding ortho intramolecular Hbond substituents is 1. The molecule has 0 aliphatic carbocycles. The van der Waals surface area contributed by atoms with Crippen LogP contribution in [-0.2, 0) is 24.2 Å². The molecule has 0 saturated heterocycles. The van der Waals surface area contributed by atoms with Crippen LogP contribution in [0.1, 0.15) is 39.0 Å². The first kappa shape index (κ1) is 21.4. The molecule has 1 aliphatic heterocycles. The van der Waals surface area contributed by atoms with Crippen molar-refractivity contribution in [3.05, 3.63) is 88.5 Å². The number of fused-ring (bicyclic) bond motifs is 1. The summed E-state index contributed by atoms with van der Waals surface area (Å²) in [6.45, 7) is 3.03. The van der Waals surface area contributed by atoms with E-state index in [9.17, 15) is 14.7 Å². The lowest BCUT2D eigenvalue weighted by Crippen LogP contribution is -2.35. The molecular weight excluding hydrogens is 406 g/mol. The van der Waals surface area contributed by atoms with Crippen LogP contribution in [0.25, 0.3) is 0 Å². The van der Waals surface area contributed by atoms with Crippen molar-refractivity contribution in [2.75, 3.05) is 6.54 Å². The van der Waals surface area contributed by atoms with Gasteiger partial charge >= 0.3 is 5.97 Å². The molecule has 1 amide bonds. The summed E-state index contributed by atoms with van der Waals surface area (Å²) in [6, 6.07) is 18.0. The van der Waals surface area contributed by atoms with Gasteiger partial charge in [0.25, 0.3) is 5.91 Å². The number of carbonyl (C=O) groups excluding carboxylic acids is 1. The van der Waals surface area contributed by atoms with Crippen molar-refractivity contribution in [3.63, 3.8) is 0 Å². The Bertz CT molecular complexity index is 1170. The van der Waals surface area contributed by atoms with Gasteiger partial charge in [-0.25, -0.2) is 0 Å². The van der Waals surface area contributed by atoms with E-state index in [1.165, 1.54) is 0 Å². The van der Waals surface area contributed by atoms with Gasteiger partial charge in [0.05, 0.1) is 0 Å². The third kappa shape index (κ3) is 4.91. The molecule has 0 fully saturated rings. The van der Waals surface area contributed by atoms with Crippen LogP contribution in [0.2, 0.25) is 0 Å². The minimum absolute atomic E-state index is 0.0608. The van der Waals surface area contributed by atoms with Gasteiger partial charge in [0.15, 0.2) is 0 Å². The number of nitrogens with zero attached hydrogens (tertiary/aromatic N) is 1. The Labute approximate surface area is 186 Å². The second-order valence-electron chi connectivity index (χ2n) is 8.04. The molecule has 0 radical (unpaired) electrons. The van der Waals surface area contributed by atoms with Gasteiger partial charge in [-0.2, -0.15) is 0 Å². The molecule has 0 saturated carbocycles. The van der Waals surface area contributed by atoms with Crippen molar-refractivity contribution in [1.82, 2.24) is 4.90 Å². The maximum absolute atomic E-state index is 13.1. The highest BCUT2D eigenvalue weighted by atomic mass is 16.5. The second-order valence-corrected chi connectivity index (χ2v) is 8.04. The number of carboxylic acid groups (broad SMARTS) is 1. The number of aromatic hydroxyl groups is 1. The molecule has 6 heteroatoms. The number of hydrogen-bond acceptors (Lipinski definition) is 4. The van der Waals surface area contributed by atoms with Gasteiger partial charge in [-0.15, -0.1) is 0 Å². The largest absolute Gasteiger partial charge is 0.508 e. The first-order valence-electron chi connectivity index (χ1n) is 10.6. The summed E-state index contributed by atoms with van der Waals surface area (Å²) in [5.74, 6) is 0.572. The van der Waals surface area contributed by atoms with Crippen molar-refractivity contribution >= 4 is 11.9 Å². The molecular formula is C26H25NO5. The summed E-state index contributed by atoms with van der Waals surface area (Å²) in [6.07, 6.45) is 1.27. The first-order chi connectivity index (χ1) is 15.4. The summed E-state index contributed by atoms with van der Waals surface area (Å²) in [4.78, 5) is 25.7. The van der Waals surface area contributed by atoms with Crippen molar-refractivity contribution in [2.45, 2.75) is 32.7 Å². The highest BCUT2D eigenvalue weighted by Gasteiger charge is 2.22. The number of benzene rings is 3. The first-order valence-corrected chi connectivity index (χ1v) is 10.6. The number of carboxylic acids is 1. The van der Waals surface area contributed by atoms with Crippen molar-refractivity contribution < 1.29 is 24.5 Å². The molecule has 3 aromatic carbocycles. The topological polar surface area (TPSA) is 87.1 Å². The van der Waals surface area contributed by atoms with Gasteiger partial charge < -0.3 is 19.8 Å². The molecule has 0 spiro atoms. The summed E-state index contributed by atoms with van der Waals surface area (Å²) >= 11 is 0. The van der Waals surface area contributed by atoms with Crippen molar-refractivity contribution in [1.29, 1.82) is 0 Å². The SMILES string of the molecule is Cc1cc(Oc2cccc(C(=O)N3CCc4cc(O)ccc4C3)c2)ccc1CCC(=O)O. The molecule has 1 heterocycles.